The number of nitrogens with zero attached hydrogens (tertiary/aromatic N) is 2. The minimum Gasteiger partial charge on any atom is -0.452 e. The summed E-state index contributed by atoms with van der Waals surface area (Å²) in [5.41, 5.74) is 0.842. The van der Waals surface area contributed by atoms with E-state index in [-0.39, 0.29) is 6.09 Å². The van der Waals surface area contributed by atoms with Crippen molar-refractivity contribution in [3.05, 3.63) is 17.7 Å². The van der Waals surface area contributed by atoms with Crippen molar-refractivity contribution in [2.45, 2.75) is 26.7 Å². The third kappa shape index (κ3) is 2.08. The monoisotopic (exact) mass is 182 g/mol. The van der Waals surface area contributed by atoms with Crippen LogP contribution < -0.4 is 0 Å². The van der Waals surface area contributed by atoms with Gasteiger partial charge in [-0.2, -0.15) is 0 Å². The highest BCUT2D eigenvalue weighted by Gasteiger charge is 2.11. The summed E-state index contributed by atoms with van der Waals surface area (Å²) < 4.78 is 6.08. The molecule has 0 radical (unpaired) electrons. The second kappa shape index (κ2) is 4.07. The molecule has 0 aliphatic heterocycles. The van der Waals surface area contributed by atoms with Crippen LogP contribution in [0.3, 0.4) is 0 Å². The van der Waals surface area contributed by atoms with Gasteiger partial charge in [-0.15, -0.1) is 0 Å². The molecule has 0 aromatic carbocycles. The number of methoxy groups -OCH3 is 1. The topological polar surface area (TPSA) is 44.1 Å². The molecule has 0 amide bonds. The Morgan fingerprint density at radius 3 is 2.92 bits per heavy atom. The first-order valence-corrected chi connectivity index (χ1v) is 4.32. The number of hydrogen-bond donors (Lipinski definition) is 0. The molecule has 1 rings (SSSR count). The van der Waals surface area contributed by atoms with E-state index in [1.54, 1.807) is 6.20 Å². The lowest BCUT2D eigenvalue weighted by molar-refractivity contribution is 0.172. The molecule has 0 aliphatic rings. The van der Waals surface area contributed by atoms with Gasteiger partial charge >= 0.3 is 6.09 Å². The van der Waals surface area contributed by atoms with E-state index < -0.39 is 0 Å². The second-order valence-electron chi connectivity index (χ2n) is 2.89. The Balaban J connectivity index is 2.96. The van der Waals surface area contributed by atoms with Crippen LogP contribution in [0.2, 0.25) is 0 Å². The number of aromatic nitrogens is 2. The van der Waals surface area contributed by atoms with Crippen LogP contribution in [0.1, 0.15) is 24.9 Å². The first-order valence-electron chi connectivity index (χ1n) is 4.32. The van der Waals surface area contributed by atoms with E-state index in [1.807, 2.05) is 13.8 Å². The molecular weight excluding hydrogens is 168 g/mol. The maximum absolute atomic E-state index is 11.2. The molecule has 4 heteroatoms. The maximum Gasteiger partial charge on any atom is 0.419 e. The van der Waals surface area contributed by atoms with Gasteiger partial charge in [0, 0.05) is 12.6 Å². The molecule has 0 saturated heterocycles. The standard InChI is InChI=1S/C9H14N2O2/c1-4-5-8-10-7(2)6-11(8)9(12)13-3/h6H,4-5H2,1-3H3. The molecule has 0 spiro atoms. The van der Waals surface area contributed by atoms with Crippen LogP contribution in [0.5, 0.6) is 0 Å². The smallest absolute Gasteiger partial charge is 0.419 e. The van der Waals surface area contributed by atoms with Crippen molar-refractivity contribution in [1.29, 1.82) is 0 Å². The van der Waals surface area contributed by atoms with Crippen molar-refractivity contribution in [3.8, 4) is 0 Å². The molecule has 72 valence electrons. The summed E-state index contributed by atoms with van der Waals surface area (Å²) in [6.45, 7) is 3.91. The van der Waals surface area contributed by atoms with E-state index in [2.05, 4.69) is 9.72 Å². The van der Waals surface area contributed by atoms with Gasteiger partial charge in [-0.3, -0.25) is 0 Å². The predicted molar refractivity (Wildman–Crippen MR) is 48.8 cm³/mol. The van der Waals surface area contributed by atoms with Crippen LogP contribution in [0.25, 0.3) is 0 Å². The van der Waals surface area contributed by atoms with Crippen LogP contribution in [0.15, 0.2) is 6.20 Å². The van der Waals surface area contributed by atoms with Crippen LogP contribution in [-0.2, 0) is 11.2 Å². The summed E-state index contributed by atoms with van der Waals surface area (Å²) in [5.74, 6) is 0.770. The Hall–Kier alpha value is -1.32. The number of rotatable bonds is 2. The zero-order valence-corrected chi connectivity index (χ0v) is 8.20. The molecule has 4 nitrogen and oxygen atoms in total. The SMILES string of the molecule is CCCc1nc(C)cn1C(=O)OC. The zero-order valence-electron chi connectivity index (χ0n) is 8.20. The van der Waals surface area contributed by atoms with Gasteiger partial charge in [0.2, 0.25) is 0 Å². The molecule has 13 heavy (non-hydrogen) atoms. The van der Waals surface area contributed by atoms with Crippen LogP contribution in [0.4, 0.5) is 4.79 Å². The molecule has 1 heterocycles. The fourth-order valence-electron chi connectivity index (χ4n) is 1.20. The summed E-state index contributed by atoms with van der Waals surface area (Å²) in [4.78, 5) is 15.5. The summed E-state index contributed by atoms with van der Waals surface area (Å²) in [6.07, 6.45) is 3.08. The number of hydrogen-bond acceptors (Lipinski definition) is 3. The average molecular weight is 182 g/mol. The first-order chi connectivity index (χ1) is 6.19. The minimum absolute atomic E-state index is 0.371. The van der Waals surface area contributed by atoms with Crippen LogP contribution in [-0.4, -0.2) is 22.8 Å². The molecule has 0 fully saturated rings. The van der Waals surface area contributed by atoms with Gasteiger partial charge in [0.05, 0.1) is 12.8 Å². The average Bonchev–Trinajstić information content (AvgIpc) is 2.46. The Morgan fingerprint density at radius 2 is 2.38 bits per heavy atom. The molecular formula is C9H14N2O2. The second-order valence-corrected chi connectivity index (χ2v) is 2.89. The van der Waals surface area contributed by atoms with Crippen molar-refractivity contribution < 1.29 is 9.53 Å². The van der Waals surface area contributed by atoms with Gasteiger partial charge in [-0.05, 0) is 13.3 Å². The molecule has 0 aliphatic carbocycles. The first kappa shape index (κ1) is 9.77. The van der Waals surface area contributed by atoms with E-state index in [1.165, 1.54) is 11.7 Å². The number of imidazole rings is 1. The lowest BCUT2D eigenvalue weighted by Gasteiger charge is -2.02. The lowest BCUT2D eigenvalue weighted by Crippen LogP contribution is -2.13. The summed E-state index contributed by atoms with van der Waals surface area (Å²) in [7, 11) is 1.37. The number of carbonyl (C=O) groups is 1. The van der Waals surface area contributed by atoms with Crippen LogP contribution >= 0.6 is 0 Å². The highest BCUT2D eigenvalue weighted by molar-refractivity contribution is 5.71. The van der Waals surface area contributed by atoms with Gasteiger partial charge < -0.3 is 4.74 Å². The van der Waals surface area contributed by atoms with Gasteiger partial charge in [0.15, 0.2) is 0 Å². The predicted octanol–water partition coefficient (Wildman–Crippen LogP) is 1.76. The van der Waals surface area contributed by atoms with Crippen molar-refractivity contribution in [3.63, 3.8) is 0 Å². The third-order valence-electron chi connectivity index (χ3n) is 1.74. The number of aryl methyl sites for hydroxylation is 2. The molecule has 0 saturated carbocycles. The van der Waals surface area contributed by atoms with Gasteiger partial charge in [-0.1, -0.05) is 6.92 Å². The Morgan fingerprint density at radius 1 is 1.69 bits per heavy atom. The van der Waals surface area contributed by atoms with E-state index >= 15 is 0 Å². The fraction of sp³-hybridized carbons (Fsp3) is 0.556. The van der Waals surface area contributed by atoms with Gasteiger partial charge in [-0.25, -0.2) is 14.3 Å². The summed E-state index contributed by atoms with van der Waals surface area (Å²) in [5, 5.41) is 0. The lowest BCUT2D eigenvalue weighted by atomic mass is 10.3. The summed E-state index contributed by atoms with van der Waals surface area (Å²) >= 11 is 0. The zero-order chi connectivity index (χ0) is 9.84. The molecule has 0 bridgehead atoms. The van der Waals surface area contributed by atoms with Crippen molar-refractivity contribution in [1.82, 2.24) is 9.55 Å². The van der Waals surface area contributed by atoms with Crippen molar-refractivity contribution in [2.24, 2.45) is 0 Å². The van der Waals surface area contributed by atoms with E-state index in [4.69, 9.17) is 0 Å². The molecule has 0 unspecified atom stereocenters. The molecule has 1 aromatic rings. The largest absolute Gasteiger partial charge is 0.452 e. The highest BCUT2D eigenvalue weighted by Crippen LogP contribution is 2.05. The highest BCUT2D eigenvalue weighted by atomic mass is 16.5. The van der Waals surface area contributed by atoms with E-state index in [0.717, 1.165) is 24.4 Å². The van der Waals surface area contributed by atoms with Crippen molar-refractivity contribution in [2.75, 3.05) is 7.11 Å². The number of ether oxygens (including phenoxy) is 1. The minimum atomic E-state index is -0.371. The van der Waals surface area contributed by atoms with E-state index in [0.29, 0.717) is 0 Å². The maximum atomic E-state index is 11.2. The molecule has 0 N–H and O–H groups in total. The molecule has 1 aromatic heterocycles. The molecule has 0 atom stereocenters. The van der Waals surface area contributed by atoms with E-state index in [9.17, 15) is 4.79 Å². The van der Waals surface area contributed by atoms with Crippen LogP contribution in [0, 0.1) is 6.92 Å². The Labute approximate surface area is 77.5 Å². The number of carbonyl (C=O) groups excluding carboxylic acids is 1. The van der Waals surface area contributed by atoms with Crippen molar-refractivity contribution >= 4 is 6.09 Å². The quantitative estimate of drug-likeness (QED) is 0.700. The van der Waals surface area contributed by atoms with Gasteiger partial charge in [0.1, 0.15) is 5.82 Å². The Bertz CT molecular complexity index is 305. The van der Waals surface area contributed by atoms with Gasteiger partial charge in [0.25, 0.3) is 0 Å². The normalized spacial score (nSPS) is 10.1. The summed E-state index contributed by atoms with van der Waals surface area (Å²) in [6, 6.07) is 0. The fourth-order valence-corrected chi connectivity index (χ4v) is 1.20. The third-order valence-corrected chi connectivity index (χ3v) is 1.74. The Kier molecular flexibility index (Phi) is 3.06.